The van der Waals surface area contributed by atoms with Crippen molar-refractivity contribution in [3.8, 4) is 0 Å². The highest BCUT2D eigenvalue weighted by atomic mass is 35.5. The van der Waals surface area contributed by atoms with Crippen LogP contribution in [0.3, 0.4) is 0 Å². The molecule has 1 aliphatic heterocycles. The van der Waals surface area contributed by atoms with Crippen molar-refractivity contribution < 1.29 is 27.5 Å². The molecule has 0 saturated carbocycles. The van der Waals surface area contributed by atoms with Crippen LogP contribution in [0.25, 0.3) is 0 Å². The molecule has 0 fully saturated rings. The third-order valence-electron chi connectivity index (χ3n) is 3.85. The fourth-order valence-electron chi connectivity index (χ4n) is 2.75. The first kappa shape index (κ1) is 17.6. The third-order valence-corrected chi connectivity index (χ3v) is 4.08. The van der Waals surface area contributed by atoms with Gasteiger partial charge in [-0.3, -0.25) is 9.78 Å². The van der Waals surface area contributed by atoms with E-state index >= 15 is 0 Å². The van der Waals surface area contributed by atoms with Crippen molar-refractivity contribution in [3.63, 3.8) is 0 Å². The number of rotatable bonds is 4. The Morgan fingerprint density at radius 2 is 2.00 bits per heavy atom. The molecule has 1 N–H and O–H groups in total. The molecular formula is C16H11ClF4N2O2. The normalized spacial score (nSPS) is 17.1. The van der Waals surface area contributed by atoms with Crippen molar-refractivity contribution in [1.82, 2.24) is 4.98 Å². The Hall–Kier alpha value is -2.19. The second-order valence-corrected chi connectivity index (χ2v) is 5.89. The summed E-state index contributed by atoms with van der Waals surface area (Å²) in [5.74, 6) is -5.60. The van der Waals surface area contributed by atoms with Crippen LogP contribution in [0, 0.1) is 0 Å². The molecule has 9 heteroatoms. The average molecular weight is 375 g/mol. The molecule has 1 amide bonds. The van der Waals surface area contributed by atoms with Crippen molar-refractivity contribution in [3.05, 3.63) is 58.4 Å². The average Bonchev–Trinajstić information content (AvgIpc) is 2.75. The summed E-state index contributed by atoms with van der Waals surface area (Å²) in [5.41, 5.74) is -1.57. The van der Waals surface area contributed by atoms with Crippen molar-refractivity contribution in [2.75, 3.05) is 4.90 Å². The molecule has 0 radical (unpaired) electrons. The molecule has 2 aromatic rings. The minimum atomic E-state index is -4.03. The number of hydrogen-bond donors (Lipinski definition) is 1. The van der Waals surface area contributed by atoms with Crippen molar-refractivity contribution >= 4 is 23.2 Å². The summed E-state index contributed by atoms with van der Waals surface area (Å²) in [7, 11) is 0. The number of carbonyl (C=O) groups excluding carboxylic acids is 1. The topological polar surface area (TPSA) is 53.4 Å². The monoisotopic (exact) mass is 374 g/mol. The van der Waals surface area contributed by atoms with Crippen LogP contribution in [0.1, 0.15) is 22.9 Å². The Balaban J connectivity index is 2.08. The molecule has 1 aromatic heterocycles. The number of fused-ring (bicyclic) bond motifs is 1. The van der Waals surface area contributed by atoms with Crippen LogP contribution in [0.2, 0.25) is 5.02 Å². The summed E-state index contributed by atoms with van der Waals surface area (Å²) < 4.78 is 54.5. The van der Waals surface area contributed by atoms with Crippen LogP contribution in [-0.2, 0) is 17.3 Å². The SMILES string of the molecule is O=C1N(Cc2cc(Cl)ccn2)c2cccc(C(O)C(F)F)c2C1(F)F. The second kappa shape index (κ2) is 6.27. The van der Waals surface area contributed by atoms with Crippen LogP contribution in [0.15, 0.2) is 36.5 Å². The zero-order valence-electron chi connectivity index (χ0n) is 12.5. The summed E-state index contributed by atoms with van der Waals surface area (Å²) in [6.45, 7) is -0.309. The van der Waals surface area contributed by atoms with Crippen LogP contribution in [-0.4, -0.2) is 22.4 Å². The fourth-order valence-corrected chi connectivity index (χ4v) is 2.93. The minimum absolute atomic E-state index is 0.242. The van der Waals surface area contributed by atoms with Gasteiger partial charge in [0.15, 0.2) is 0 Å². The second-order valence-electron chi connectivity index (χ2n) is 5.45. The van der Waals surface area contributed by atoms with E-state index in [9.17, 15) is 27.5 Å². The first-order valence-electron chi connectivity index (χ1n) is 7.13. The van der Waals surface area contributed by atoms with E-state index in [0.717, 1.165) is 11.0 Å². The molecule has 0 aliphatic carbocycles. The number of aliphatic hydroxyl groups is 1. The van der Waals surface area contributed by atoms with E-state index < -0.39 is 35.5 Å². The predicted octanol–water partition coefficient (Wildman–Crippen LogP) is 3.67. The number of pyridine rings is 1. The molecule has 1 aliphatic rings. The van der Waals surface area contributed by atoms with Gasteiger partial charge in [0, 0.05) is 11.2 Å². The van der Waals surface area contributed by atoms with E-state index in [2.05, 4.69) is 4.98 Å². The van der Waals surface area contributed by atoms with Gasteiger partial charge in [-0.2, -0.15) is 8.78 Å². The molecular weight excluding hydrogens is 364 g/mol. The first-order chi connectivity index (χ1) is 11.7. The molecule has 2 heterocycles. The molecule has 0 saturated heterocycles. The molecule has 0 spiro atoms. The zero-order chi connectivity index (χ0) is 18.4. The summed E-state index contributed by atoms with van der Waals surface area (Å²) in [5, 5.41) is 9.86. The standard InChI is InChI=1S/C16H11ClF4N2O2/c17-8-4-5-22-9(6-8)7-23-11-3-1-2-10(13(24)14(18)19)12(11)16(20,21)15(23)25/h1-6,13-14,24H,7H2. The number of carbonyl (C=O) groups is 1. The molecule has 0 bridgehead atoms. The van der Waals surface area contributed by atoms with Crippen LogP contribution < -0.4 is 4.90 Å². The Morgan fingerprint density at radius 1 is 1.28 bits per heavy atom. The number of aliphatic hydroxyl groups excluding tert-OH is 1. The fraction of sp³-hybridized carbons (Fsp3) is 0.250. The van der Waals surface area contributed by atoms with E-state index in [1.165, 1.54) is 30.5 Å². The first-order valence-corrected chi connectivity index (χ1v) is 7.51. The maximum absolute atomic E-state index is 14.5. The third kappa shape index (κ3) is 2.96. The smallest absolute Gasteiger partial charge is 0.352 e. The molecule has 132 valence electrons. The number of benzene rings is 1. The number of nitrogens with zero attached hydrogens (tertiary/aromatic N) is 2. The van der Waals surface area contributed by atoms with Gasteiger partial charge >= 0.3 is 11.8 Å². The van der Waals surface area contributed by atoms with Gasteiger partial charge in [-0.1, -0.05) is 23.7 Å². The van der Waals surface area contributed by atoms with Gasteiger partial charge < -0.3 is 10.0 Å². The lowest BCUT2D eigenvalue weighted by atomic mass is 9.98. The van der Waals surface area contributed by atoms with E-state index in [1.54, 1.807) is 0 Å². The molecule has 4 nitrogen and oxygen atoms in total. The van der Waals surface area contributed by atoms with Crippen LogP contribution in [0.5, 0.6) is 0 Å². The zero-order valence-corrected chi connectivity index (χ0v) is 13.2. The van der Waals surface area contributed by atoms with Gasteiger partial charge in [0.05, 0.1) is 23.5 Å². The Kier molecular flexibility index (Phi) is 4.42. The lowest BCUT2D eigenvalue weighted by molar-refractivity contribution is -0.142. The van der Waals surface area contributed by atoms with Crippen molar-refractivity contribution in [2.24, 2.45) is 0 Å². The van der Waals surface area contributed by atoms with Crippen LogP contribution in [0.4, 0.5) is 23.2 Å². The number of amides is 1. The van der Waals surface area contributed by atoms with Crippen LogP contribution >= 0.6 is 11.6 Å². The summed E-state index contributed by atoms with van der Waals surface area (Å²) in [6, 6.07) is 6.28. The summed E-state index contributed by atoms with van der Waals surface area (Å²) in [6.07, 6.45) is -4.33. The quantitative estimate of drug-likeness (QED) is 0.831. The van der Waals surface area contributed by atoms with Crippen molar-refractivity contribution in [2.45, 2.75) is 25.0 Å². The maximum atomic E-state index is 14.5. The Morgan fingerprint density at radius 3 is 2.64 bits per heavy atom. The number of aromatic nitrogens is 1. The number of alkyl halides is 4. The maximum Gasteiger partial charge on any atom is 0.352 e. The lowest BCUT2D eigenvalue weighted by Crippen LogP contribution is -2.34. The number of anilines is 1. The van der Waals surface area contributed by atoms with Gasteiger partial charge in [-0.25, -0.2) is 8.78 Å². The summed E-state index contributed by atoms with van der Waals surface area (Å²) in [4.78, 5) is 16.9. The Labute approximate surface area is 144 Å². The van der Waals surface area contributed by atoms with Gasteiger partial charge in [-0.05, 0) is 23.8 Å². The minimum Gasteiger partial charge on any atom is -0.382 e. The van der Waals surface area contributed by atoms with E-state index in [4.69, 9.17) is 11.6 Å². The van der Waals surface area contributed by atoms with E-state index in [-0.39, 0.29) is 17.9 Å². The molecule has 1 aromatic carbocycles. The number of halogens is 5. The molecule has 1 atom stereocenters. The van der Waals surface area contributed by atoms with E-state index in [1.807, 2.05) is 0 Å². The van der Waals surface area contributed by atoms with Crippen molar-refractivity contribution in [1.29, 1.82) is 0 Å². The number of hydrogen-bond acceptors (Lipinski definition) is 3. The highest BCUT2D eigenvalue weighted by Gasteiger charge is 2.55. The molecule has 25 heavy (non-hydrogen) atoms. The molecule has 1 unspecified atom stereocenters. The lowest BCUT2D eigenvalue weighted by Gasteiger charge is -2.17. The largest absolute Gasteiger partial charge is 0.382 e. The van der Waals surface area contributed by atoms with Gasteiger partial charge in [-0.15, -0.1) is 0 Å². The predicted molar refractivity (Wildman–Crippen MR) is 81.7 cm³/mol. The highest BCUT2D eigenvalue weighted by molar-refractivity contribution is 6.30. The highest BCUT2D eigenvalue weighted by Crippen LogP contribution is 2.48. The summed E-state index contributed by atoms with van der Waals surface area (Å²) >= 11 is 5.82. The van der Waals surface area contributed by atoms with Gasteiger partial charge in [0.1, 0.15) is 6.10 Å². The van der Waals surface area contributed by atoms with E-state index in [0.29, 0.717) is 5.02 Å². The van der Waals surface area contributed by atoms with Gasteiger partial charge in [0.25, 0.3) is 6.43 Å². The Bertz CT molecular complexity index is 832. The molecule has 3 rings (SSSR count). The van der Waals surface area contributed by atoms with Gasteiger partial charge in [0.2, 0.25) is 0 Å².